The topological polar surface area (TPSA) is 17.1 Å². The maximum atomic E-state index is 10.9. The lowest BCUT2D eigenvalue weighted by Crippen LogP contribution is -1.93. The second kappa shape index (κ2) is 4.39. The second-order valence-corrected chi connectivity index (χ2v) is 5.21. The summed E-state index contributed by atoms with van der Waals surface area (Å²) in [6, 6.07) is 3.56. The molecule has 0 bridgehead atoms. The van der Waals surface area contributed by atoms with Crippen LogP contribution in [0.1, 0.15) is 10.4 Å². The van der Waals surface area contributed by atoms with Crippen LogP contribution >= 0.6 is 66.1 Å². The van der Waals surface area contributed by atoms with E-state index in [0.717, 1.165) is 12.5 Å². The summed E-state index contributed by atoms with van der Waals surface area (Å²) >= 11 is 14.0. The van der Waals surface area contributed by atoms with E-state index in [9.17, 15) is 4.79 Å². The highest BCUT2D eigenvalue weighted by molar-refractivity contribution is 14.1. The van der Waals surface area contributed by atoms with Crippen molar-refractivity contribution in [1.82, 2.24) is 0 Å². The number of halogens is 4. The van der Waals surface area contributed by atoms with Gasteiger partial charge in [-0.05, 0) is 62.3 Å². The molecule has 1 rings (SSSR count). The number of hydrogen-bond acceptors (Lipinski definition) is 1. The molecule has 0 atom stereocenters. The number of rotatable bonds is 1. The third kappa shape index (κ3) is 2.43. The summed E-state index contributed by atoms with van der Waals surface area (Å²) in [6.45, 7) is 0. The predicted molar refractivity (Wildman–Crippen MR) is 64.7 cm³/mol. The van der Waals surface area contributed by atoms with Crippen LogP contribution in [0.3, 0.4) is 0 Å². The van der Waals surface area contributed by atoms with E-state index in [2.05, 4.69) is 54.5 Å². The van der Waals surface area contributed by atoms with E-state index in [0.29, 0.717) is 5.56 Å². The van der Waals surface area contributed by atoms with Crippen LogP contribution in [0, 0.1) is 3.57 Å². The molecule has 0 radical (unpaired) electrons. The molecular formula is C7H2Br2ClIO. The first-order valence-corrected chi connectivity index (χ1v) is 5.91. The van der Waals surface area contributed by atoms with Crippen molar-refractivity contribution in [2.45, 2.75) is 0 Å². The lowest BCUT2D eigenvalue weighted by molar-refractivity contribution is 0.108. The van der Waals surface area contributed by atoms with Crippen LogP contribution in [0.4, 0.5) is 0 Å². The van der Waals surface area contributed by atoms with Crippen molar-refractivity contribution < 1.29 is 4.79 Å². The number of hydrogen-bond donors (Lipinski definition) is 0. The summed E-state index contributed by atoms with van der Waals surface area (Å²) in [7, 11) is 0. The van der Waals surface area contributed by atoms with Gasteiger partial charge in [-0.15, -0.1) is 0 Å². The summed E-state index contributed by atoms with van der Waals surface area (Å²) in [5.74, 6) is 0. The molecule has 0 aliphatic carbocycles. The van der Waals surface area contributed by atoms with Gasteiger partial charge in [0.15, 0.2) is 0 Å². The van der Waals surface area contributed by atoms with Gasteiger partial charge >= 0.3 is 0 Å². The average molecular weight is 424 g/mol. The van der Waals surface area contributed by atoms with Gasteiger partial charge in [-0.1, -0.05) is 15.9 Å². The number of benzene rings is 1. The van der Waals surface area contributed by atoms with Crippen LogP contribution in [0.5, 0.6) is 0 Å². The molecule has 0 fully saturated rings. The van der Waals surface area contributed by atoms with E-state index in [-0.39, 0.29) is 0 Å². The van der Waals surface area contributed by atoms with E-state index in [1.807, 2.05) is 6.07 Å². The zero-order valence-electron chi connectivity index (χ0n) is 5.57. The van der Waals surface area contributed by atoms with Gasteiger partial charge in [0.25, 0.3) is 5.24 Å². The molecule has 1 nitrogen and oxygen atoms in total. The normalized spacial score (nSPS) is 10.0. The van der Waals surface area contributed by atoms with Gasteiger partial charge in [0.05, 0.1) is 0 Å². The molecule has 0 spiro atoms. The lowest BCUT2D eigenvalue weighted by atomic mass is 10.2. The van der Waals surface area contributed by atoms with Crippen molar-refractivity contribution >= 4 is 71.3 Å². The van der Waals surface area contributed by atoms with E-state index in [1.54, 1.807) is 6.07 Å². The van der Waals surface area contributed by atoms with Crippen LogP contribution in [-0.4, -0.2) is 5.24 Å². The molecule has 0 aliphatic rings. The maximum Gasteiger partial charge on any atom is 0.253 e. The molecular weight excluding hydrogens is 422 g/mol. The molecule has 1 aromatic rings. The Kier molecular flexibility index (Phi) is 4.01. The molecule has 12 heavy (non-hydrogen) atoms. The smallest absolute Gasteiger partial charge is 0.253 e. The Hall–Kier alpha value is 0.870. The van der Waals surface area contributed by atoms with Crippen LogP contribution in [0.15, 0.2) is 21.1 Å². The Balaban J connectivity index is 3.37. The summed E-state index contributed by atoms with van der Waals surface area (Å²) in [6.07, 6.45) is 0. The van der Waals surface area contributed by atoms with E-state index >= 15 is 0 Å². The first-order valence-electron chi connectivity index (χ1n) is 2.86. The van der Waals surface area contributed by atoms with Gasteiger partial charge in [0, 0.05) is 18.1 Å². The van der Waals surface area contributed by atoms with Gasteiger partial charge in [0.1, 0.15) is 0 Å². The van der Waals surface area contributed by atoms with Crippen LogP contribution < -0.4 is 0 Å². The Bertz CT molecular complexity index is 340. The first kappa shape index (κ1) is 10.9. The molecule has 0 unspecified atom stereocenters. The molecule has 0 amide bonds. The molecule has 64 valence electrons. The van der Waals surface area contributed by atoms with Crippen molar-refractivity contribution in [2.75, 3.05) is 0 Å². The lowest BCUT2D eigenvalue weighted by Gasteiger charge is -2.02. The first-order chi connectivity index (χ1) is 5.52. The number of carbonyl (C=O) groups excluding carboxylic acids is 1. The van der Waals surface area contributed by atoms with Crippen molar-refractivity contribution in [1.29, 1.82) is 0 Å². The SMILES string of the molecule is O=C(Cl)c1cc(Br)cc(Br)c1I. The highest BCUT2D eigenvalue weighted by Crippen LogP contribution is 2.28. The Morgan fingerprint density at radius 2 is 2.00 bits per heavy atom. The van der Waals surface area contributed by atoms with Gasteiger partial charge in [-0.25, -0.2) is 0 Å². The van der Waals surface area contributed by atoms with Crippen molar-refractivity contribution in [3.63, 3.8) is 0 Å². The zero-order valence-corrected chi connectivity index (χ0v) is 11.7. The summed E-state index contributed by atoms with van der Waals surface area (Å²) in [5.41, 5.74) is 0.513. The zero-order chi connectivity index (χ0) is 9.30. The number of carbonyl (C=O) groups is 1. The highest BCUT2D eigenvalue weighted by atomic mass is 127. The van der Waals surface area contributed by atoms with Crippen LogP contribution in [-0.2, 0) is 0 Å². The fourth-order valence-corrected chi connectivity index (χ4v) is 2.79. The fourth-order valence-electron chi connectivity index (χ4n) is 0.699. The largest absolute Gasteiger partial charge is 0.276 e. The van der Waals surface area contributed by atoms with Crippen molar-refractivity contribution in [2.24, 2.45) is 0 Å². The molecule has 0 saturated heterocycles. The van der Waals surface area contributed by atoms with Crippen molar-refractivity contribution in [3.05, 3.63) is 30.2 Å². The van der Waals surface area contributed by atoms with Gasteiger partial charge in [0.2, 0.25) is 0 Å². The predicted octanol–water partition coefficient (Wildman–Crippen LogP) is 4.20. The molecule has 0 aromatic heterocycles. The third-order valence-corrected chi connectivity index (χ3v) is 4.40. The highest BCUT2D eigenvalue weighted by Gasteiger charge is 2.10. The van der Waals surface area contributed by atoms with Gasteiger partial charge in [-0.3, -0.25) is 4.79 Å². The summed E-state index contributed by atoms with van der Waals surface area (Å²) < 4.78 is 2.52. The van der Waals surface area contributed by atoms with E-state index in [4.69, 9.17) is 11.6 Å². The minimum atomic E-state index is -0.443. The Morgan fingerprint density at radius 3 is 2.50 bits per heavy atom. The molecule has 0 heterocycles. The summed E-state index contributed by atoms with van der Waals surface area (Å²) in [4.78, 5) is 10.9. The molecule has 0 N–H and O–H groups in total. The minimum absolute atomic E-state index is 0.443. The molecule has 5 heteroatoms. The van der Waals surface area contributed by atoms with Crippen molar-refractivity contribution in [3.8, 4) is 0 Å². The van der Waals surface area contributed by atoms with E-state index in [1.165, 1.54) is 0 Å². The standard InChI is InChI=1S/C7H2Br2ClIO/c8-3-1-4(7(10)12)6(11)5(9)2-3/h1-2H. The van der Waals surface area contributed by atoms with Crippen LogP contribution in [0.25, 0.3) is 0 Å². The quantitative estimate of drug-likeness (QED) is 0.376. The van der Waals surface area contributed by atoms with Gasteiger partial charge in [-0.2, -0.15) is 0 Å². The average Bonchev–Trinajstić information content (AvgIpc) is 1.96. The maximum absolute atomic E-state index is 10.9. The molecule has 1 aromatic carbocycles. The fraction of sp³-hybridized carbons (Fsp3) is 0. The Morgan fingerprint density at radius 1 is 1.42 bits per heavy atom. The monoisotopic (exact) mass is 422 g/mol. The molecule has 0 saturated carbocycles. The Labute approximate surface area is 105 Å². The molecule has 0 aliphatic heterocycles. The van der Waals surface area contributed by atoms with E-state index < -0.39 is 5.24 Å². The minimum Gasteiger partial charge on any atom is -0.276 e. The second-order valence-electron chi connectivity index (χ2n) is 2.02. The summed E-state index contributed by atoms with van der Waals surface area (Å²) in [5, 5.41) is -0.443. The third-order valence-electron chi connectivity index (χ3n) is 1.20. The van der Waals surface area contributed by atoms with Crippen LogP contribution in [0.2, 0.25) is 0 Å². The van der Waals surface area contributed by atoms with Gasteiger partial charge < -0.3 is 0 Å².